The Hall–Kier alpha value is -2.46. The first-order valence-electron chi connectivity index (χ1n) is 9.18. The summed E-state index contributed by atoms with van der Waals surface area (Å²) in [6.45, 7) is 2.86. The van der Waals surface area contributed by atoms with Gasteiger partial charge in [0.25, 0.3) is 0 Å². The maximum atomic E-state index is 12.0. The first-order valence-corrected chi connectivity index (χ1v) is 9.55. The lowest BCUT2D eigenvalue weighted by Crippen LogP contribution is -2.07. The Balaban J connectivity index is 1.93. The normalized spacial score (nSPS) is 10.8. The zero-order chi connectivity index (χ0) is 19.5. The van der Waals surface area contributed by atoms with E-state index < -0.39 is 0 Å². The molecular weight excluding hydrogens is 362 g/mol. The van der Waals surface area contributed by atoms with E-state index in [4.69, 9.17) is 21.1 Å². The molecule has 0 atom stereocenters. The third-order valence-electron chi connectivity index (χ3n) is 3.96. The number of benzene rings is 2. The van der Waals surface area contributed by atoms with E-state index in [0.29, 0.717) is 23.1 Å². The largest absolute Gasteiger partial charge is 0.493 e. The first kappa shape index (κ1) is 20.8. The number of hydrogen-bond donors (Lipinski definition) is 1. The Kier molecular flexibility index (Phi) is 8.72. The van der Waals surface area contributed by atoms with Crippen molar-refractivity contribution in [3.63, 3.8) is 0 Å². The second kappa shape index (κ2) is 11.3. The van der Waals surface area contributed by atoms with Crippen molar-refractivity contribution in [1.29, 1.82) is 0 Å². The number of carbonyl (C=O) groups excluding carboxylic acids is 1. The molecule has 4 nitrogen and oxygen atoms in total. The third kappa shape index (κ3) is 7.35. The molecule has 2 rings (SSSR count). The molecule has 5 heteroatoms. The van der Waals surface area contributed by atoms with Crippen LogP contribution in [0.5, 0.6) is 11.5 Å². The van der Waals surface area contributed by atoms with Crippen LogP contribution in [0.2, 0.25) is 5.02 Å². The summed E-state index contributed by atoms with van der Waals surface area (Å²) in [6.07, 6.45) is 7.83. The van der Waals surface area contributed by atoms with Crippen LogP contribution < -0.4 is 14.8 Å². The van der Waals surface area contributed by atoms with Gasteiger partial charge in [0, 0.05) is 16.8 Å². The number of amides is 1. The quantitative estimate of drug-likeness (QED) is 0.404. The fourth-order valence-corrected chi connectivity index (χ4v) is 2.73. The third-order valence-corrected chi connectivity index (χ3v) is 4.20. The van der Waals surface area contributed by atoms with Gasteiger partial charge in [-0.3, -0.25) is 4.79 Å². The zero-order valence-electron chi connectivity index (χ0n) is 15.8. The molecule has 0 radical (unpaired) electrons. The molecular formula is C22H26ClNO3. The van der Waals surface area contributed by atoms with Gasteiger partial charge in [0.1, 0.15) is 0 Å². The Labute approximate surface area is 166 Å². The summed E-state index contributed by atoms with van der Waals surface area (Å²) in [4.78, 5) is 12.0. The lowest BCUT2D eigenvalue weighted by atomic mass is 10.2. The average Bonchev–Trinajstić information content (AvgIpc) is 2.66. The molecule has 144 valence electrons. The number of anilines is 1. The SMILES string of the molecule is CCCCCCOc1ccc(/C=C/C(=O)Nc2cccc(Cl)c2)cc1OC. The molecule has 0 heterocycles. The lowest BCUT2D eigenvalue weighted by Gasteiger charge is -2.11. The molecule has 0 saturated carbocycles. The molecule has 0 bridgehead atoms. The van der Waals surface area contributed by atoms with Crippen LogP contribution in [0.25, 0.3) is 6.08 Å². The van der Waals surface area contributed by atoms with Crippen LogP contribution in [0.1, 0.15) is 38.2 Å². The van der Waals surface area contributed by atoms with Gasteiger partial charge in [-0.25, -0.2) is 0 Å². The monoisotopic (exact) mass is 387 g/mol. The molecule has 0 spiro atoms. The van der Waals surface area contributed by atoms with E-state index in [1.807, 2.05) is 18.2 Å². The molecule has 0 fully saturated rings. The predicted octanol–water partition coefficient (Wildman–Crippen LogP) is 5.96. The molecule has 0 unspecified atom stereocenters. The smallest absolute Gasteiger partial charge is 0.248 e. The van der Waals surface area contributed by atoms with E-state index in [2.05, 4.69) is 12.2 Å². The number of nitrogens with one attached hydrogen (secondary N) is 1. The van der Waals surface area contributed by atoms with Gasteiger partial charge >= 0.3 is 0 Å². The number of hydrogen-bond acceptors (Lipinski definition) is 3. The van der Waals surface area contributed by atoms with Crippen LogP contribution in [-0.4, -0.2) is 19.6 Å². The summed E-state index contributed by atoms with van der Waals surface area (Å²) < 4.78 is 11.2. The standard InChI is InChI=1S/C22H26ClNO3/c1-3-4-5-6-14-27-20-12-10-17(15-21(20)26-2)11-13-22(25)24-19-9-7-8-18(23)16-19/h7-13,15-16H,3-6,14H2,1-2H3,(H,24,25)/b13-11+. The molecule has 27 heavy (non-hydrogen) atoms. The van der Waals surface area contributed by atoms with Crippen molar-refractivity contribution in [2.75, 3.05) is 19.0 Å². The Bertz CT molecular complexity index is 774. The van der Waals surface area contributed by atoms with Gasteiger partial charge in [-0.1, -0.05) is 49.9 Å². The second-order valence-corrected chi connectivity index (χ2v) is 6.59. The van der Waals surface area contributed by atoms with Gasteiger partial charge in [0.15, 0.2) is 11.5 Å². The highest BCUT2D eigenvalue weighted by atomic mass is 35.5. The summed E-state index contributed by atoms with van der Waals surface area (Å²) in [5.74, 6) is 1.14. The number of unbranched alkanes of at least 4 members (excludes halogenated alkanes) is 3. The highest BCUT2D eigenvalue weighted by molar-refractivity contribution is 6.30. The minimum atomic E-state index is -0.229. The van der Waals surface area contributed by atoms with E-state index in [-0.39, 0.29) is 5.91 Å². The summed E-state index contributed by atoms with van der Waals surface area (Å²) in [7, 11) is 1.61. The molecule has 0 aliphatic carbocycles. The molecule has 0 saturated heterocycles. The van der Waals surface area contributed by atoms with Crippen molar-refractivity contribution in [3.05, 3.63) is 59.1 Å². The highest BCUT2D eigenvalue weighted by Gasteiger charge is 2.05. The Morgan fingerprint density at radius 3 is 2.70 bits per heavy atom. The van der Waals surface area contributed by atoms with Gasteiger partial charge in [0.05, 0.1) is 13.7 Å². The molecule has 2 aromatic rings. The van der Waals surface area contributed by atoms with Crippen LogP contribution >= 0.6 is 11.6 Å². The van der Waals surface area contributed by atoms with Crippen molar-refractivity contribution in [2.45, 2.75) is 32.6 Å². The van der Waals surface area contributed by atoms with Crippen LogP contribution in [0.15, 0.2) is 48.5 Å². The van der Waals surface area contributed by atoms with Crippen LogP contribution in [0.4, 0.5) is 5.69 Å². The summed E-state index contributed by atoms with van der Waals surface area (Å²) in [6, 6.07) is 12.6. The lowest BCUT2D eigenvalue weighted by molar-refractivity contribution is -0.111. The topological polar surface area (TPSA) is 47.6 Å². The van der Waals surface area contributed by atoms with Gasteiger partial charge < -0.3 is 14.8 Å². The minimum absolute atomic E-state index is 0.229. The molecule has 0 aliphatic rings. The van der Waals surface area contributed by atoms with E-state index in [1.54, 1.807) is 37.5 Å². The molecule has 1 amide bonds. The van der Waals surface area contributed by atoms with Gasteiger partial charge in [-0.05, 0) is 48.4 Å². The van der Waals surface area contributed by atoms with E-state index in [9.17, 15) is 4.79 Å². The second-order valence-electron chi connectivity index (χ2n) is 6.15. The molecule has 0 aromatic heterocycles. The number of halogens is 1. The zero-order valence-corrected chi connectivity index (χ0v) is 16.6. The Morgan fingerprint density at radius 2 is 1.96 bits per heavy atom. The van der Waals surface area contributed by atoms with Crippen molar-refractivity contribution < 1.29 is 14.3 Å². The Morgan fingerprint density at radius 1 is 1.11 bits per heavy atom. The maximum absolute atomic E-state index is 12.0. The fourth-order valence-electron chi connectivity index (χ4n) is 2.54. The predicted molar refractivity (Wildman–Crippen MR) is 112 cm³/mol. The number of rotatable bonds is 10. The summed E-state index contributed by atoms with van der Waals surface area (Å²) in [5.41, 5.74) is 1.51. The van der Waals surface area contributed by atoms with E-state index >= 15 is 0 Å². The number of carbonyl (C=O) groups is 1. The van der Waals surface area contributed by atoms with Crippen molar-refractivity contribution >= 4 is 29.3 Å². The van der Waals surface area contributed by atoms with Crippen LogP contribution in [0.3, 0.4) is 0 Å². The fraction of sp³-hybridized carbons (Fsp3) is 0.318. The van der Waals surface area contributed by atoms with Gasteiger partial charge in [-0.15, -0.1) is 0 Å². The summed E-state index contributed by atoms with van der Waals surface area (Å²) >= 11 is 5.92. The highest BCUT2D eigenvalue weighted by Crippen LogP contribution is 2.29. The first-order chi connectivity index (χ1) is 13.1. The minimum Gasteiger partial charge on any atom is -0.493 e. The van der Waals surface area contributed by atoms with E-state index in [0.717, 1.165) is 17.7 Å². The molecule has 0 aliphatic heterocycles. The van der Waals surface area contributed by atoms with Gasteiger partial charge in [0.2, 0.25) is 5.91 Å². The van der Waals surface area contributed by atoms with Crippen molar-refractivity contribution in [3.8, 4) is 11.5 Å². The van der Waals surface area contributed by atoms with Crippen molar-refractivity contribution in [2.24, 2.45) is 0 Å². The summed E-state index contributed by atoms with van der Waals surface area (Å²) in [5, 5.41) is 3.35. The number of ether oxygens (including phenoxy) is 2. The number of methoxy groups -OCH3 is 1. The van der Waals surface area contributed by atoms with E-state index in [1.165, 1.54) is 25.3 Å². The van der Waals surface area contributed by atoms with Crippen LogP contribution in [0, 0.1) is 0 Å². The van der Waals surface area contributed by atoms with Crippen molar-refractivity contribution in [1.82, 2.24) is 0 Å². The maximum Gasteiger partial charge on any atom is 0.248 e. The van der Waals surface area contributed by atoms with Gasteiger partial charge in [-0.2, -0.15) is 0 Å². The average molecular weight is 388 g/mol. The molecule has 2 aromatic carbocycles. The van der Waals surface area contributed by atoms with Crippen LogP contribution in [-0.2, 0) is 4.79 Å². The molecule has 1 N–H and O–H groups in total.